The van der Waals surface area contributed by atoms with Crippen molar-refractivity contribution in [1.29, 1.82) is 0 Å². The van der Waals surface area contributed by atoms with E-state index >= 15 is 0 Å². The number of hydrogen-bond acceptors (Lipinski definition) is 5. The molecule has 1 aromatic heterocycles. The minimum absolute atomic E-state index is 0.0381. The fourth-order valence-corrected chi connectivity index (χ4v) is 5.46. The fraction of sp³-hybridized carbons (Fsp3) is 0.379. The van der Waals surface area contributed by atoms with Gasteiger partial charge in [-0.3, -0.25) is 14.7 Å². The summed E-state index contributed by atoms with van der Waals surface area (Å²) < 4.78 is 46.0. The second kappa shape index (κ2) is 12.7. The minimum atomic E-state index is -1.30. The molecule has 0 aliphatic carbocycles. The number of halogens is 4. The normalized spacial score (nSPS) is 18.4. The van der Waals surface area contributed by atoms with Crippen molar-refractivity contribution in [2.24, 2.45) is 11.8 Å². The van der Waals surface area contributed by atoms with Gasteiger partial charge in [0, 0.05) is 36.2 Å². The number of likely N-dealkylation sites (tertiary alicyclic amines) is 1. The smallest absolute Gasteiger partial charge is 0.303 e. The van der Waals surface area contributed by atoms with Gasteiger partial charge in [0.05, 0.1) is 35.9 Å². The van der Waals surface area contributed by atoms with E-state index in [1.807, 2.05) is 4.90 Å². The number of rotatable bonds is 8. The van der Waals surface area contributed by atoms with Crippen LogP contribution in [0.5, 0.6) is 5.75 Å². The van der Waals surface area contributed by atoms with Gasteiger partial charge in [-0.2, -0.15) is 0 Å². The largest absolute Gasteiger partial charge is 0.497 e. The zero-order valence-corrected chi connectivity index (χ0v) is 22.0. The predicted octanol–water partition coefficient (Wildman–Crippen LogP) is 5.59. The van der Waals surface area contributed by atoms with Crippen molar-refractivity contribution < 1.29 is 32.9 Å². The van der Waals surface area contributed by atoms with Crippen LogP contribution < -0.4 is 4.74 Å². The van der Waals surface area contributed by atoms with Crippen LogP contribution in [0, 0.1) is 41.1 Å². The SMILES string of the molecule is COc1ccc2ncc(Cl)c(C(O)CCC3CCN(CC#Cc4cc(F)cc(F)c4F)CC3CC(=O)O)c2c1. The summed E-state index contributed by atoms with van der Waals surface area (Å²) in [6.07, 6.45) is 2.20. The second-order valence-corrected chi connectivity index (χ2v) is 10.1. The predicted molar refractivity (Wildman–Crippen MR) is 141 cm³/mol. The number of carboxylic acid groups (broad SMARTS) is 1. The Labute approximate surface area is 229 Å². The first-order chi connectivity index (χ1) is 18.7. The molecule has 2 N–H and O–H groups in total. The van der Waals surface area contributed by atoms with Gasteiger partial charge in [0.2, 0.25) is 0 Å². The molecule has 0 saturated carbocycles. The van der Waals surface area contributed by atoms with Gasteiger partial charge in [0.25, 0.3) is 0 Å². The Morgan fingerprint density at radius 3 is 2.79 bits per heavy atom. The molecule has 4 rings (SSSR count). The lowest BCUT2D eigenvalue weighted by molar-refractivity contribution is -0.139. The van der Waals surface area contributed by atoms with Crippen molar-refractivity contribution in [2.75, 3.05) is 26.7 Å². The van der Waals surface area contributed by atoms with Crippen molar-refractivity contribution in [3.05, 3.63) is 70.1 Å². The molecule has 39 heavy (non-hydrogen) atoms. The molecule has 1 saturated heterocycles. The number of aliphatic carboxylic acids is 1. The highest BCUT2D eigenvalue weighted by Crippen LogP contribution is 2.37. The number of aliphatic hydroxyl groups excluding tert-OH is 1. The summed E-state index contributed by atoms with van der Waals surface area (Å²) in [5.41, 5.74) is 0.871. The maximum Gasteiger partial charge on any atom is 0.303 e. The van der Waals surface area contributed by atoms with Crippen LogP contribution in [-0.4, -0.2) is 52.8 Å². The van der Waals surface area contributed by atoms with Gasteiger partial charge in [-0.25, -0.2) is 13.2 Å². The Hall–Kier alpha value is -3.32. The van der Waals surface area contributed by atoms with Gasteiger partial charge in [0.1, 0.15) is 11.6 Å². The number of aliphatic hydroxyl groups is 1. The molecule has 3 aromatic rings. The molecule has 0 spiro atoms. The average molecular weight is 561 g/mol. The Morgan fingerprint density at radius 1 is 1.26 bits per heavy atom. The number of nitrogens with zero attached hydrogens (tertiary/aromatic N) is 2. The lowest BCUT2D eigenvalue weighted by Crippen LogP contribution is -2.41. The molecule has 1 aliphatic heterocycles. The van der Waals surface area contributed by atoms with Crippen LogP contribution in [0.3, 0.4) is 0 Å². The molecule has 1 fully saturated rings. The summed E-state index contributed by atoms with van der Waals surface area (Å²) in [6, 6.07) is 6.65. The quantitative estimate of drug-likeness (QED) is 0.276. The van der Waals surface area contributed by atoms with E-state index in [-0.39, 0.29) is 30.4 Å². The first-order valence-corrected chi connectivity index (χ1v) is 12.9. The molecule has 206 valence electrons. The molecule has 0 amide bonds. The number of aromatic nitrogens is 1. The van der Waals surface area contributed by atoms with Gasteiger partial charge < -0.3 is 14.9 Å². The highest BCUT2D eigenvalue weighted by Gasteiger charge is 2.31. The van der Waals surface area contributed by atoms with E-state index in [1.54, 1.807) is 25.3 Å². The Kier molecular flexibility index (Phi) is 9.33. The molecule has 10 heteroatoms. The monoisotopic (exact) mass is 560 g/mol. The maximum atomic E-state index is 13.9. The Morgan fingerprint density at radius 2 is 2.05 bits per heavy atom. The van der Waals surface area contributed by atoms with Gasteiger partial charge in [-0.05, 0) is 61.9 Å². The van der Waals surface area contributed by atoms with Gasteiger partial charge in [-0.15, -0.1) is 0 Å². The molecular weight excluding hydrogens is 533 g/mol. The second-order valence-electron chi connectivity index (χ2n) is 9.69. The molecule has 2 heterocycles. The molecular formula is C29H28ClF3N2O4. The third kappa shape index (κ3) is 7.01. The first kappa shape index (κ1) is 28.7. The van der Waals surface area contributed by atoms with E-state index in [9.17, 15) is 28.2 Å². The van der Waals surface area contributed by atoms with Crippen LogP contribution in [0.2, 0.25) is 5.02 Å². The van der Waals surface area contributed by atoms with Crippen LogP contribution in [0.15, 0.2) is 36.5 Å². The number of piperidine rings is 1. The van der Waals surface area contributed by atoms with Crippen LogP contribution in [-0.2, 0) is 4.79 Å². The fourth-order valence-electron chi connectivity index (χ4n) is 5.18. The third-order valence-corrected chi connectivity index (χ3v) is 7.44. The maximum absolute atomic E-state index is 13.9. The number of carbonyl (C=O) groups is 1. The van der Waals surface area contributed by atoms with E-state index in [0.717, 1.165) is 6.07 Å². The lowest BCUT2D eigenvalue weighted by atomic mass is 9.79. The number of methoxy groups -OCH3 is 1. The molecule has 1 aliphatic rings. The van der Waals surface area contributed by atoms with Gasteiger partial charge in [-0.1, -0.05) is 23.4 Å². The summed E-state index contributed by atoms with van der Waals surface area (Å²) in [6.45, 7) is 1.25. The van der Waals surface area contributed by atoms with Gasteiger partial charge >= 0.3 is 5.97 Å². The van der Waals surface area contributed by atoms with Crippen molar-refractivity contribution in [3.63, 3.8) is 0 Å². The lowest BCUT2D eigenvalue weighted by Gasteiger charge is -2.37. The standard InChI is InChI=1S/C29H28ClF3N2O4/c1-39-21-5-6-25-22(14-21)28(23(30)15-34-25)26(36)7-4-17-8-10-35(16-19(17)12-27(37)38)9-2-3-18-11-20(31)13-24(32)29(18)33/h5-6,11,13-15,17,19,26,36H,4,7-10,12,16H2,1H3,(H,37,38). The molecule has 3 atom stereocenters. The summed E-state index contributed by atoms with van der Waals surface area (Å²) >= 11 is 6.43. The molecule has 3 unspecified atom stereocenters. The number of hydrogen-bond donors (Lipinski definition) is 2. The highest BCUT2D eigenvalue weighted by molar-refractivity contribution is 6.32. The number of carboxylic acids is 1. The van der Waals surface area contributed by atoms with Crippen molar-refractivity contribution >= 4 is 28.5 Å². The number of fused-ring (bicyclic) bond motifs is 1. The van der Waals surface area contributed by atoms with Gasteiger partial charge in [0.15, 0.2) is 11.6 Å². The molecule has 0 radical (unpaired) electrons. The van der Waals surface area contributed by atoms with E-state index in [2.05, 4.69) is 16.8 Å². The van der Waals surface area contributed by atoms with Crippen molar-refractivity contribution in [3.8, 4) is 17.6 Å². The van der Waals surface area contributed by atoms with Crippen LogP contribution in [0.25, 0.3) is 10.9 Å². The minimum Gasteiger partial charge on any atom is -0.497 e. The van der Waals surface area contributed by atoms with Crippen molar-refractivity contribution in [1.82, 2.24) is 9.88 Å². The third-order valence-electron chi connectivity index (χ3n) is 7.14. The topological polar surface area (TPSA) is 82.9 Å². The zero-order valence-electron chi connectivity index (χ0n) is 21.3. The molecule has 0 bridgehead atoms. The average Bonchev–Trinajstić information content (AvgIpc) is 2.90. The number of pyridine rings is 1. The van der Waals surface area contributed by atoms with Crippen LogP contribution in [0.1, 0.15) is 42.9 Å². The summed E-state index contributed by atoms with van der Waals surface area (Å²) in [4.78, 5) is 17.9. The summed E-state index contributed by atoms with van der Waals surface area (Å²) in [5.74, 6) is 1.33. The zero-order chi connectivity index (χ0) is 28.1. The van der Waals surface area contributed by atoms with E-state index < -0.39 is 29.5 Å². The Bertz CT molecular complexity index is 1430. The number of ether oxygens (including phenoxy) is 1. The number of benzene rings is 2. The Balaban J connectivity index is 1.43. The van der Waals surface area contributed by atoms with Crippen LogP contribution >= 0.6 is 11.6 Å². The van der Waals surface area contributed by atoms with E-state index in [0.29, 0.717) is 65.7 Å². The van der Waals surface area contributed by atoms with E-state index in [1.165, 1.54) is 6.20 Å². The molecule has 2 aromatic carbocycles. The van der Waals surface area contributed by atoms with Crippen LogP contribution in [0.4, 0.5) is 13.2 Å². The molecule has 6 nitrogen and oxygen atoms in total. The van der Waals surface area contributed by atoms with E-state index in [4.69, 9.17) is 16.3 Å². The highest BCUT2D eigenvalue weighted by atomic mass is 35.5. The first-order valence-electron chi connectivity index (χ1n) is 12.5. The van der Waals surface area contributed by atoms with Crippen molar-refractivity contribution in [2.45, 2.75) is 31.8 Å². The summed E-state index contributed by atoms with van der Waals surface area (Å²) in [7, 11) is 1.55. The summed E-state index contributed by atoms with van der Waals surface area (Å²) in [5, 5.41) is 21.6.